The van der Waals surface area contributed by atoms with E-state index in [-0.39, 0.29) is 11.1 Å². The second-order valence-corrected chi connectivity index (χ2v) is 9.13. The number of rotatable bonds is 12. The normalized spacial score (nSPS) is 20.7. The number of unbranched alkanes of at least 4 members (excludes halogenated alkanes) is 9. The molecule has 1 aliphatic heterocycles. The summed E-state index contributed by atoms with van der Waals surface area (Å²) >= 11 is 0. The van der Waals surface area contributed by atoms with Crippen LogP contribution in [0.5, 0.6) is 0 Å². The highest BCUT2D eigenvalue weighted by Crippen LogP contribution is 2.28. The zero-order valence-corrected chi connectivity index (χ0v) is 16.8. The zero-order chi connectivity index (χ0) is 17.2. The Morgan fingerprint density at radius 3 is 1.65 bits per heavy atom. The summed E-state index contributed by atoms with van der Waals surface area (Å²) in [5.41, 5.74) is 0.522. The molecule has 1 saturated heterocycles. The standard InChI is InChI=1S/C21H44N2/c1-6-7-8-9-10-11-12-13-14-15-16-22-19-17-20(2,3)23-21(4,5)18-19/h19,22-23H,6-18H2,1-5H3. The lowest BCUT2D eigenvalue weighted by Crippen LogP contribution is -2.61. The second-order valence-electron chi connectivity index (χ2n) is 9.13. The second kappa shape index (κ2) is 10.7. The Morgan fingerprint density at radius 1 is 0.739 bits per heavy atom. The summed E-state index contributed by atoms with van der Waals surface area (Å²) in [6, 6.07) is 0.680. The van der Waals surface area contributed by atoms with Crippen LogP contribution in [0.4, 0.5) is 0 Å². The van der Waals surface area contributed by atoms with Gasteiger partial charge < -0.3 is 10.6 Å². The molecule has 0 unspecified atom stereocenters. The third kappa shape index (κ3) is 10.4. The van der Waals surface area contributed by atoms with Gasteiger partial charge >= 0.3 is 0 Å². The fourth-order valence-corrected chi connectivity index (χ4v) is 4.39. The van der Waals surface area contributed by atoms with Crippen molar-refractivity contribution in [1.82, 2.24) is 10.6 Å². The quantitative estimate of drug-likeness (QED) is 0.443. The van der Waals surface area contributed by atoms with Crippen LogP contribution in [-0.4, -0.2) is 23.7 Å². The largest absolute Gasteiger partial charge is 0.314 e. The maximum Gasteiger partial charge on any atom is 0.0144 e. The fraction of sp³-hybridized carbons (Fsp3) is 1.00. The van der Waals surface area contributed by atoms with E-state index in [1.54, 1.807) is 0 Å². The highest BCUT2D eigenvalue weighted by molar-refractivity contribution is 4.99. The molecule has 0 spiro atoms. The van der Waals surface area contributed by atoms with Crippen molar-refractivity contribution in [1.29, 1.82) is 0 Å². The SMILES string of the molecule is CCCCCCCCCCCCNC1CC(C)(C)NC(C)(C)C1. The van der Waals surface area contributed by atoms with Crippen LogP contribution in [0.3, 0.4) is 0 Å². The molecule has 0 aromatic heterocycles. The molecule has 2 nitrogen and oxygen atoms in total. The molecule has 23 heavy (non-hydrogen) atoms. The molecule has 2 N–H and O–H groups in total. The minimum atomic E-state index is 0.261. The maximum absolute atomic E-state index is 3.82. The van der Waals surface area contributed by atoms with Gasteiger partial charge in [-0.05, 0) is 53.5 Å². The van der Waals surface area contributed by atoms with Crippen molar-refractivity contribution in [3.8, 4) is 0 Å². The molecule has 0 amide bonds. The number of hydrogen-bond acceptors (Lipinski definition) is 2. The summed E-state index contributed by atoms with van der Waals surface area (Å²) in [6.45, 7) is 12.8. The number of piperidine rings is 1. The van der Waals surface area contributed by atoms with E-state index in [9.17, 15) is 0 Å². The van der Waals surface area contributed by atoms with Crippen molar-refractivity contribution in [2.75, 3.05) is 6.54 Å². The van der Waals surface area contributed by atoms with E-state index >= 15 is 0 Å². The first-order valence-electron chi connectivity index (χ1n) is 10.4. The van der Waals surface area contributed by atoms with Gasteiger partial charge in [0.15, 0.2) is 0 Å². The smallest absolute Gasteiger partial charge is 0.0144 e. The first-order valence-corrected chi connectivity index (χ1v) is 10.4. The minimum Gasteiger partial charge on any atom is -0.314 e. The predicted octanol–water partition coefficient (Wildman–Crippen LogP) is 5.81. The Kier molecular flexibility index (Phi) is 9.77. The van der Waals surface area contributed by atoms with Gasteiger partial charge in [-0.1, -0.05) is 64.7 Å². The topological polar surface area (TPSA) is 24.1 Å². The van der Waals surface area contributed by atoms with Gasteiger partial charge in [-0.2, -0.15) is 0 Å². The summed E-state index contributed by atoms with van der Waals surface area (Å²) in [5.74, 6) is 0. The molecular formula is C21H44N2. The lowest BCUT2D eigenvalue weighted by atomic mass is 9.79. The summed E-state index contributed by atoms with van der Waals surface area (Å²) in [6.07, 6.45) is 16.7. The van der Waals surface area contributed by atoms with Crippen molar-refractivity contribution in [3.05, 3.63) is 0 Å². The van der Waals surface area contributed by atoms with Gasteiger partial charge in [-0.3, -0.25) is 0 Å². The van der Waals surface area contributed by atoms with Gasteiger partial charge in [-0.25, -0.2) is 0 Å². The van der Waals surface area contributed by atoms with E-state index in [1.807, 2.05) is 0 Å². The molecule has 0 aromatic rings. The third-order valence-electron chi connectivity index (χ3n) is 5.15. The van der Waals surface area contributed by atoms with E-state index in [4.69, 9.17) is 0 Å². The highest BCUT2D eigenvalue weighted by Gasteiger charge is 2.37. The molecule has 0 aromatic carbocycles. The van der Waals surface area contributed by atoms with Crippen LogP contribution < -0.4 is 10.6 Å². The van der Waals surface area contributed by atoms with Gasteiger partial charge in [0.05, 0.1) is 0 Å². The first-order chi connectivity index (χ1) is 10.8. The molecule has 1 fully saturated rings. The molecule has 0 bridgehead atoms. The minimum absolute atomic E-state index is 0.261. The lowest BCUT2D eigenvalue weighted by Gasteiger charge is -2.46. The van der Waals surface area contributed by atoms with Crippen molar-refractivity contribution in [3.63, 3.8) is 0 Å². The molecule has 1 rings (SSSR count). The van der Waals surface area contributed by atoms with Crippen molar-refractivity contribution >= 4 is 0 Å². The molecule has 138 valence electrons. The fourth-order valence-electron chi connectivity index (χ4n) is 4.39. The molecule has 1 heterocycles. The Morgan fingerprint density at radius 2 is 1.17 bits per heavy atom. The van der Waals surface area contributed by atoms with Crippen molar-refractivity contribution in [2.45, 2.75) is 129 Å². The van der Waals surface area contributed by atoms with Gasteiger partial charge in [0.2, 0.25) is 0 Å². The summed E-state index contributed by atoms with van der Waals surface area (Å²) < 4.78 is 0. The summed E-state index contributed by atoms with van der Waals surface area (Å²) in [4.78, 5) is 0. The van der Waals surface area contributed by atoms with Crippen LogP contribution in [0, 0.1) is 0 Å². The van der Waals surface area contributed by atoms with Crippen LogP contribution >= 0.6 is 0 Å². The summed E-state index contributed by atoms with van der Waals surface area (Å²) in [7, 11) is 0. The molecule has 0 radical (unpaired) electrons. The van der Waals surface area contributed by atoms with Gasteiger partial charge in [-0.15, -0.1) is 0 Å². The highest BCUT2D eigenvalue weighted by atomic mass is 15.1. The van der Waals surface area contributed by atoms with Crippen molar-refractivity contribution in [2.24, 2.45) is 0 Å². The maximum atomic E-state index is 3.82. The average Bonchev–Trinajstić information content (AvgIpc) is 2.41. The van der Waals surface area contributed by atoms with E-state index in [0.717, 1.165) is 0 Å². The van der Waals surface area contributed by atoms with E-state index in [1.165, 1.54) is 83.6 Å². The molecule has 0 aliphatic carbocycles. The van der Waals surface area contributed by atoms with E-state index in [0.29, 0.717) is 6.04 Å². The monoisotopic (exact) mass is 324 g/mol. The van der Waals surface area contributed by atoms with Gasteiger partial charge in [0.1, 0.15) is 0 Å². The first kappa shape index (κ1) is 21.0. The molecule has 0 saturated carbocycles. The Hall–Kier alpha value is -0.0800. The van der Waals surface area contributed by atoms with Crippen LogP contribution in [0.25, 0.3) is 0 Å². The number of nitrogens with one attached hydrogen (secondary N) is 2. The Balaban J connectivity index is 1.96. The average molecular weight is 325 g/mol. The van der Waals surface area contributed by atoms with Crippen LogP contribution in [0.15, 0.2) is 0 Å². The van der Waals surface area contributed by atoms with E-state index in [2.05, 4.69) is 45.3 Å². The van der Waals surface area contributed by atoms with Gasteiger partial charge in [0, 0.05) is 17.1 Å². The van der Waals surface area contributed by atoms with Crippen LogP contribution in [0.1, 0.15) is 112 Å². The Bertz CT molecular complexity index is 280. The van der Waals surface area contributed by atoms with Crippen LogP contribution in [-0.2, 0) is 0 Å². The number of hydrogen-bond donors (Lipinski definition) is 2. The van der Waals surface area contributed by atoms with E-state index < -0.39 is 0 Å². The molecule has 1 aliphatic rings. The predicted molar refractivity (Wildman–Crippen MR) is 104 cm³/mol. The van der Waals surface area contributed by atoms with Crippen LogP contribution in [0.2, 0.25) is 0 Å². The summed E-state index contributed by atoms with van der Waals surface area (Å²) in [5, 5.41) is 7.58. The van der Waals surface area contributed by atoms with Gasteiger partial charge in [0.25, 0.3) is 0 Å². The molecular weight excluding hydrogens is 280 g/mol. The third-order valence-corrected chi connectivity index (χ3v) is 5.15. The molecule has 2 heteroatoms. The lowest BCUT2D eigenvalue weighted by molar-refractivity contribution is 0.146. The Labute approximate surface area is 146 Å². The van der Waals surface area contributed by atoms with Crippen molar-refractivity contribution < 1.29 is 0 Å². The zero-order valence-electron chi connectivity index (χ0n) is 16.8. The molecule has 0 atom stereocenters.